The number of hydrogen-bond acceptors (Lipinski definition) is 3. The number of H-pyrrole nitrogens is 1. The predicted molar refractivity (Wildman–Crippen MR) is 83.8 cm³/mol. The minimum Gasteiger partial charge on any atom is -0.411 e. The molecule has 0 aromatic carbocycles. The molecule has 0 aliphatic carbocycles. The van der Waals surface area contributed by atoms with Gasteiger partial charge in [0.1, 0.15) is 11.5 Å². The molecule has 0 saturated carbocycles. The van der Waals surface area contributed by atoms with Crippen molar-refractivity contribution in [3.8, 4) is 11.4 Å². The zero-order chi connectivity index (χ0) is 17.5. The van der Waals surface area contributed by atoms with E-state index in [9.17, 15) is 4.39 Å². The molecule has 0 atom stereocenters. The van der Waals surface area contributed by atoms with E-state index in [-0.39, 0.29) is 10.7 Å². The predicted octanol–water partition coefficient (Wildman–Crippen LogP) is 4.13. The van der Waals surface area contributed by atoms with Gasteiger partial charge in [0.15, 0.2) is 8.32 Å². The van der Waals surface area contributed by atoms with Crippen molar-refractivity contribution in [1.82, 2.24) is 15.2 Å². The van der Waals surface area contributed by atoms with Gasteiger partial charge in [0.2, 0.25) is 0 Å². The minimum absolute atomic E-state index is 0.109. The Labute approximate surface area is 128 Å². The highest BCUT2D eigenvalue weighted by molar-refractivity contribution is 6.74. The van der Waals surface area contributed by atoms with E-state index in [0.717, 1.165) is 6.20 Å². The molecule has 0 radical (unpaired) electrons. The van der Waals surface area contributed by atoms with E-state index in [1.807, 2.05) is 13.1 Å². The Hall–Kier alpha value is -1.53. The monoisotopic (exact) mass is 309 g/mol. The number of aromatic nitrogens is 3. The summed E-state index contributed by atoms with van der Waals surface area (Å²) in [4.78, 5) is 3.95. The Morgan fingerprint density at radius 3 is 2.62 bits per heavy atom. The summed E-state index contributed by atoms with van der Waals surface area (Å²) < 4.78 is 35.3. The van der Waals surface area contributed by atoms with Crippen LogP contribution in [0.25, 0.3) is 11.4 Å². The van der Waals surface area contributed by atoms with Gasteiger partial charge in [-0.2, -0.15) is 5.10 Å². The van der Waals surface area contributed by atoms with Crippen LogP contribution < -0.4 is 0 Å². The summed E-state index contributed by atoms with van der Waals surface area (Å²) in [5, 5.41) is 6.62. The van der Waals surface area contributed by atoms with E-state index in [1.165, 1.54) is 12.1 Å². The van der Waals surface area contributed by atoms with Crippen LogP contribution in [0, 0.1) is 5.82 Å². The molecule has 0 aliphatic heterocycles. The van der Waals surface area contributed by atoms with Gasteiger partial charge in [-0.1, -0.05) is 20.8 Å². The van der Waals surface area contributed by atoms with Crippen molar-refractivity contribution < 1.29 is 11.6 Å². The fraction of sp³-hybridized carbons (Fsp3) is 0.467. The van der Waals surface area contributed by atoms with Crippen LogP contribution in [0.1, 0.15) is 29.2 Å². The van der Waals surface area contributed by atoms with Gasteiger partial charge in [-0.15, -0.1) is 0 Å². The lowest BCUT2D eigenvalue weighted by molar-refractivity contribution is 0.272. The fourth-order valence-corrected chi connectivity index (χ4v) is 2.04. The summed E-state index contributed by atoms with van der Waals surface area (Å²) in [5.74, 6) is -0.430. The maximum absolute atomic E-state index is 12.9. The van der Waals surface area contributed by atoms with Gasteiger partial charge in [0.25, 0.3) is 0 Å². The molecule has 0 aliphatic rings. The van der Waals surface area contributed by atoms with Gasteiger partial charge in [-0.25, -0.2) is 4.39 Å². The molecular formula is C15H22FN3OSi. The second-order valence-electron chi connectivity index (χ2n) is 6.49. The first-order valence-electron chi connectivity index (χ1n) is 7.80. The van der Waals surface area contributed by atoms with Crippen LogP contribution in [-0.2, 0) is 11.0 Å². The van der Waals surface area contributed by atoms with Crippen molar-refractivity contribution in [2.24, 2.45) is 0 Å². The molecule has 0 fully saturated rings. The van der Waals surface area contributed by atoms with Gasteiger partial charge in [-0.3, -0.25) is 10.1 Å². The maximum atomic E-state index is 12.9. The average Bonchev–Trinajstić information content (AvgIpc) is 2.87. The summed E-state index contributed by atoms with van der Waals surface area (Å²) in [7, 11) is -2.29. The van der Waals surface area contributed by atoms with E-state index in [2.05, 4.69) is 36.0 Å². The Morgan fingerprint density at radius 1 is 1.33 bits per heavy atom. The zero-order valence-corrected chi connectivity index (χ0v) is 14.0. The third-order valence-corrected chi connectivity index (χ3v) is 8.01. The standard InChI is InChI=1S/C15H22FN3OSi/c1-15(2,3)21(4,5)20-10-12-8-14(19-18-12)13-7-6-11(16)9-17-13/h6-9H,10H2,1-5H3,(H,18,19)/i10D2. The quantitative estimate of drug-likeness (QED) is 0.864. The topological polar surface area (TPSA) is 50.8 Å². The normalized spacial score (nSPS) is 14.8. The largest absolute Gasteiger partial charge is 0.411 e. The Morgan fingerprint density at radius 2 is 2.05 bits per heavy atom. The first kappa shape index (κ1) is 13.2. The highest BCUT2D eigenvalue weighted by atomic mass is 28.4. The molecule has 0 amide bonds. The number of hydrogen-bond donors (Lipinski definition) is 1. The lowest BCUT2D eigenvalue weighted by Crippen LogP contribution is -2.40. The summed E-state index contributed by atoms with van der Waals surface area (Å²) in [6.45, 7) is 8.16. The molecule has 2 rings (SSSR count). The first-order chi connectivity index (χ1) is 10.4. The van der Waals surface area contributed by atoms with E-state index in [0.29, 0.717) is 11.4 Å². The van der Waals surface area contributed by atoms with Crippen molar-refractivity contribution in [3.63, 3.8) is 0 Å². The molecule has 0 bridgehead atoms. The van der Waals surface area contributed by atoms with Crippen LogP contribution in [0.15, 0.2) is 24.4 Å². The molecule has 6 heteroatoms. The van der Waals surface area contributed by atoms with Crippen LogP contribution >= 0.6 is 0 Å². The van der Waals surface area contributed by atoms with Crippen LogP contribution in [-0.4, -0.2) is 23.5 Å². The van der Waals surface area contributed by atoms with Crippen LogP contribution in [0.3, 0.4) is 0 Å². The summed E-state index contributed by atoms with van der Waals surface area (Å²) in [5.41, 5.74) is 1.14. The van der Waals surface area contributed by atoms with Crippen LogP contribution in [0.5, 0.6) is 0 Å². The van der Waals surface area contributed by atoms with Gasteiger partial charge in [-0.05, 0) is 36.3 Å². The highest BCUT2D eigenvalue weighted by Gasteiger charge is 2.37. The number of halogens is 1. The maximum Gasteiger partial charge on any atom is 0.192 e. The first-order valence-corrected chi connectivity index (χ1v) is 9.71. The SMILES string of the molecule is [2H]C([2H])(O[Si](C)(C)C(C)(C)C)c1cc(-c2ccc(F)cn2)n[nH]1. The van der Waals surface area contributed by atoms with Crippen LogP contribution in [0.4, 0.5) is 4.39 Å². The van der Waals surface area contributed by atoms with Crippen molar-refractivity contribution in [2.75, 3.05) is 0 Å². The second-order valence-corrected chi connectivity index (χ2v) is 11.2. The van der Waals surface area contributed by atoms with Crippen LogP contribution in [0.2, 0.25) is 18.1 Å². The Kier molecular flexibility index (Phi) is 3.56. The average molecular weight is 309 g/mol. The zero-order valence-electron chi connectivity index (χ0n) is 15.0. The lowest BCUT2D eigenvalue weighted by atomic mass is 10.2. The van der Waals surface area contributed by atoms with Crippen molar-refractivity contribution >= 4 is 8.32 Å². The third-order valence-electron chi connectivity index (χ3n) is 3.79. The number of nitrogens with one attached hydrogen (secondary N) is 1. The lowest BCUT2D eigenvalue weighted by Gasteiger charge is -2.35. The molecule has 2 aromatic heterocycles. The highest BCUT2D eigenvalue weighted by Crippen LogP contribution is 2.37. The molecule has 114 valence electrons. The summed E-state index contributed by atoms with van der Waals surface area (Å²) in [6.07, 6.45) is 1.10. The Balaban J connectivity index is 2.26. The third kappa shape index (κ3) is 3.77. The van der Waals surface area contributed by atoms with E-state index in [4.69, 9.17) is 7.17 Å². The van der Waals surface area contributed by atoms with Gasteiger partial charge in [0, 0.05) is 0 Å². The van der Waals surface area contributed by atoms with E-state index in [1.54, 1.807) is 6.07 Å². The number of aromatic amines is 1. The Bertz CT molecular complexity index is 681. The van der Waals surface area contributed by atoms with E-state index >= 15 is 0 Å². The number of nitrogens with zero attached hydrogens (tertiary/aromatic N) is 2. The van der Waals surface area contributed by atoms with Crippen molar-refractivity contribution in [1.29, 1.82) is 0 Å². The summed E-state index contributed by atoms with van der Waals surface area (Å²) in [6, 6.07) is 4.34. The minimum atomic E-state index is -2.29. The number of rotatable bonds is 4. The summed E-state index contributed by atoms with van der Waals surface area (Å²) >= 11 is 0. The molecule has 0 unspecified atom stereocenters. The molecule has 0 saturated heterocycles. The molecule has 4 nitrogen and oxygen atoms in total. The number of pyridine rings is 1. The van der Waals surface area contributed by atoms with E-state index < -0.39 is 20.7 Å². The molecule has 2 heterocycles. The smallest absolute Gasteiger partial charge is 0.192 e. The molecule has 2 aromatic rings. The van der Waals surface area contributed by atoms with Gasteiger partial charge in [0.05, 0.1) is 26.9 Å². The van der Waals surface area contributed by atoms with Gasteiger partial charge < -0.3 is 4.43 Å². The molecule has 21 heavy (non-hydrogen) atoms. The van der Waals surface area contributed by atoms with Gasteiger partial charge >= 0.3 is 0 Å². The molecule has 0 spiro atoms. The fourth-order valence-electron chi connectivity index (χ4n) is 1.37. The molecule has 1 N–H and O–H groups in total. The second kappa shape index (κ2) is 5.69. The molecular weight excluding hydrogens is 285 g/mol. The van der Waals surface area contributed by atoms with Crippen molar-refractivity contribution in [3.05, 3.63) is 35.9 Å². The van der Waals surface area contributed by atoms with Crippen molar-refractivity contribution in [2.45, 2.75) is 45.5 Å².